The average Bonchev–Trinajstić information content (AvgIpc) is 3.13. The molecule has 1 aliphatic heterocycles. The lowest BCUT2D eigenvalue weighted by atomic mass is 10.1. The molecular weight excluding hydrogens is 431 g/mol. The van der Waals surface area contributed by atoms with Crippen molar-refractivity contribution in [3.8, 4) is 0 Å². The SMILES string of the molecule is CN(C)Cc1cc2c(o1)CN(C(=O)c1ccc(C=Cc3ccccc3Cl)cc1)CC2.Cl. The van der Waals surface area contributed by atoms with Crippen LogP contribution < -0.4 is 0 Å². The van der Waals surface area contributed by atoms with Gasteiger partial charge in [0.1, 0.15) is 11.5 Å². The van der Waals surface area contributed by atoms with Gasteiger partial charge in [0.2, 0.25) is 0 Å². The minimum absolute atomic E-state index is 0. The smallest absolute Gasteiger partial charge is 0.254 e. The maximum atomic E-state index is 13.0. The average molecular weight is 457 g/mol. The zero-order chi connectivity index (χ0) is 21.1. The molecular formula is C25H26Cl2N2O2. The topological polar surface area (TPSA) is 36.7 Å². The van der Waals surface area contributed by atoms with Crippen molar-refractivity contribution in [3.63, 3.8) is 0 Å². The fraction of sp³-hybridized carbons (Fsp3) is 0.240. The summed E-state index contributed by atoms with van der Waals surface area (Å²) >= 11 is 6.19. The maximum Gasteiger partial charge on any atom is 0.254 e. The number of carbonyl (C=O) groups is 1. The number of hydrogen-bond acceptors (Lipinski definition) is 3. The largest absolute Gasteiger partial charge is 0.463 e. The molecule has 0 saturated heterocycles. The molecule has 0 N–H and O–H groups in total. The first kappa shape index (κ1) is 23.1. The highest BCUT2D eigenvalue weighted by molar-refractivity contribution is 6.32. The molecule has 0 saturated carbocycles. The third-order valence-corrected chi connectivity index (χ3v) is 5.55. The molecule has 0 spiro atoms. The Bertz CT molecular complexity index is 1070. The number of fused-ring (bicyclic) bond motifs is 1. The number of nitrogens with zero attached hydrogens (tertiary/aromatic N) is 2. The van der Waals surface area contributed by atoms with Gasteiger partial charge in [-0.3, -0.25) is 4.79 Å². The van der Waals surface area contributed by atoms with Crippen molar-refractivity contribution in [1.29, 1.82) is 0 Å². The van der Waals surface area contributed by atoms with Gasteiger partial charge < -0.3 is 14.2 Å². The van der Waals surface area contributed by atoms with E-state index in [0.717, 1.165) is 40.6 Å². The maximum absolute atomic E-state index is 13.0. The van der Waals surface area contributed by atoms with Crippen LogP contribution in [0.5, 0.6) is 0 Å². The molecule has 0 fully saturated rings. The van der Waals surface area contributed by atoms with E-state index in [1.54, 1.807) is 0 Å². The van der Waals surface area contributed by atoms with Crippen molar-refractivity contribution in [2.75, 3.05) is 20.6 Å². The quantitative estimate of drug-likeness (QED) is 0.456. The lowest BCUT2D eigenvalue weighted by molar-refractivity contribution is 0.0718. The second kappa shape index (κ2) is 10.2. The van der Waals surface area contributed by atoms with E-state index in [0.29, 0.717) is 18.7 Å². The Balaban J connectivity index is 0.00000272. The third kappa shape index (κ3) is 5.59. The molecule has 3 aromatic rings. The fourth-order valence-electron chi connectivity index (χ4n) is 3.66. The number of furan rings is 1. The fourth-order valence-corrected chi connectivity index (χ4v) is 3.86. The second-order valence-electron chi connectivity index (χ2n) is 7.85. The van der Waals surface area contributed by atoms with E-state index in [9.17, 15) is 4.79 Å². The molecule has 162 valence electrons. The van der Waals surface area contributed by atoms with Crippen LogP contribution in [0.2, 0.25) is 5.02 Å². The Hall–Kier alpha value is -2.53. The van der Waals surface area contributed by atoms with Gasteiger partial charge in [0.25, 0.3) is 5.91 Å². The van der Waals surface area contributed by atoms with Gasteiger partial charge in [-0.25, -0.2) is 0 Å². The molecule has 2 heterocycles. The Morgan fingerprint density at radius 2 is 1.87 bits per heavy atom. The van der Waals surface area contributed by atoms with E-state index in [1.165, 1.54) is 5.56 Å². The summed E-state index contributed by atoms with van der Waals surface area (Å²) in [6, 6.07) is 17.5. The molecule has 2 aromatic carbocycles. The molecule has 4 rings (SSSR count). The van der Waals surface area contributed by atoms with Crippen molar-refractivity contribution >= 4 is 42.1 Å². The second-order valence-corrected chi connectivity index (χ2v) is 8.26. The van der Waals surface area contributed by atoms with Crippen LogP contribution in [0.4, 0.5) is 0 Å². The lowest BCUT2D eigenvalue weighted by Gasteiger charge is -2.26. The van der Waals surface area contributed by atoms with Crippen LogP contribution in [0.1, 0.15) is 38.6 Å². The summed E-state index contributed by atoms with van der Waals surface area (Å²) in [7, 11) is 4.04. The van der Waals surface area contributed by atoms with Crippen LogP contribution in [0.15, 0.2) is 59.0 Å². The number of halogens is 2. The normalized spacial score (nSPS) is 13.4. The molecule has 31 heavy (non-hydrogen) atoms. The molecule has 4 nitrogen and oxygen atoms in total. The Labute approximate surface area is 194 Å². The molecule has 0 bridgehead atoms. The summed E-state index contributed by atoms with van der Waals surface area (Å²) in [5.41, 5.74) is 3.90. The summed E-state index contributed by atoms with van der Waals surface area (Å²) in [5.74, 6) is 1.90. The third-order valence-electron chi connectivity index (χ3n) is 5.21. The van der Waals surface area contributed by atoms with E-state index in [2.05, 4.69) is 11.0 Å². The minimum Gasteiger partial charge on any atom is -0.463 e. The van der Waals surface area contributed by atoms with Gasteiger partial charge >= 0.3 is 0 Å². The van der Waals surface area contributed by atoms with Gasteiger partial charge in [-0.15, -0.1) is 12.4 Å². The van der Waals surface area contributed by atoms with Crippen LogP contribution in [0.3, 0.4) is 0 Å². The summed E-state index contributed by atoms with van der Waals surface area (Å²) in [4.78, 5) is 16.9. The summed E-state index contributed by atoms with van der Waals surface area (Å²) in [5, 5.41) is 0.719. The zero-order valence-electron chi connectivity index (χ0n) is 17.7. The van der Waals surface area contributed by atoms with Gasteiger partial charge in [-0.1, -0.05) is 54.1 Å². The molecule has 0 aliphatic carbocycles. The van der Waals surface area contributed by atoms with Crippen LogP contribution in [0.25, 0.3) is 12.2 Å². The summed E-state index contributed by atoms with van der Waals surface area (Å²) in [6.45, 7) is 2.00. The van der Waals surface area contributed by atoms with Crippen LogP contribution in [0, 0.1) is 0 Å². The van der Waals surface area contributed by atoms with E-state index < -0.39 is 0 Å². The predicted octanol–water partition coefficient (Wildman–Crippen LogP) is 5.79. The number of benzene rings is 2. The highest BCUT2D eigenvalue weighted by Crippen LogP contribution is 2.25. The molecule has 0 unspecified atom stereocenters. The minimum atomic E-state index is 0. The Kier molecular flexibility index (Phi) is 7.60. The van der Waals surface area contributed by atoms with Crippen molar-refractivity contribution in [2.45, 2.75) is 19.5 Å². The van der Waals surface area contributed by atoms with Gasteiger partial charge in [0.05, 0.1) is 13.1 Å². The van der Waals surface area contributed by atoms with E-state index in [1.807, 2.05) is 79.7 Å². The number of carbonyl (C=O) groups excluding carboxylic acids is 1. The molecule has 6 heteroatoms. The first-order chi connectivity index (χ1) is 14.5. The Morgan fingerprint density at radius 3 is 2.58 bits per heavy atom. The van der Waals surface area contributed by atoms with Gasteiger partial charge in [0.15, 0.2) is 0 Å². The highest BCUT2D eigenvalue weighted by atomic mass is 35.5. The van der Waals surface area contributed by atoms with Gasteiger partial charge in [-0.2, -0.15) is 0 Å². The van der Waals surface area contributed by atoms with E-state index in [-0.39, 0.29) is 18.3 Å². The standard InChI is InChI=1S/C25H25ClN2O2.ClH/c1-27(2)16-22-15-21-13-14-28(17-24(21)30-22)25(29)20-11-8-18(9-12-20)7-10-19-5-3-4-6-23(19)26;/h3-12,15H,13-14,16-17H2,1-2H3;1H. The van der Waals surface area contributed by atoms with Crippen molar-refractivity contribution < 1.29 is 9.21 Å². The number of amides is 1. The van der Waals surface area contributed by atoms with Crippen LogP contribution in [-0.2, 0) is 19.5 Å². The highest BCUT2D eigenvalue weighted by Gasteiger charge is 2.25. The Morgan fingerprint density at radius 1 is 1.13 bits per heavy atom. The first-order valence-electron chi connectivity index (χ1n) is 10.1. The van der Waals surface area contributed by atoms with Crippen molar-refractivity contribution in [3.05, 3.63) is 93.4 Å². The van der Waals surface area contributed by atoms with Crippen LogP contribution >= 0.6 is 24.0 Å². The number of hydrogen-bond donors (Lipinski definition) is 0. The molecule has 0 atom stereocenters. The monoisotopic (exact) mass is 456 g/mol. The van der Waals surface area contributed by atoms with E-state index in [4.69, 9.17) is 16.0 Å². The summed E-state index contributed by atoms with van der Waals surface area (Å²) in [6.07, 6.45) is 4.81. The number of rotatable bonds is 5. The zero-order valence-corrected chi connectivity index (χ0v) is 19.2. The molecule has 0 radical (unpaired) electrons. The van der Waals surface area contributed by atoms with Gasteiger partial charge in [0, 0.05) is 17.1 Å². The van der Waals surface area contributed by atoms with Gasteiger partial charge in [-0.05, 0) is 61.5 Å². The molecule has 1 aliphatic rings. The summed E-state index contributed by atoms with van der Waals surface area (Å²) < 4.78 is 5.98. The lowest BCUT2D eigenvalue weighted by Crippen LogP contribution is -2.35. The van der Waals surface area contributed by atoms with Crippen molar-refractivity contribution in [1.82, 2.24) is 9.80 Å². The molecule has 1 aromatic heterocycles. The first-order valence-corrected chi connectivity index (χ1v) is 10.4. The molecule has 1 amide bonds. The van der Waals surface area contributed by atoms with Crippen LogP contribution in [-0.4, -0.2) is 36.3 Å². The predicted molar refractivity (Wildman–Crippen MR) is 129 cm³/mol. The van der Waals surface area contributed by atoms with E-state index >= 15 is 0 Å². The van der Waals surface area contributed by atoms with Crippen molar-refractivity contribution in [2.24, 2.45) is 0 Å².